The van der Waals surface area contributed by atoms with Gasteiger partial charge in [-0.25, -0.2) is 19.3 Å². The molecule has 5 heteroatoms. The van der Waals surface area contributed by atoms with Gasteiger partial charge in [0.25, 0.3) is 0 Å². The van der Waals surface area contributed by atoms with E-state index in [0.29, 0.717) is 17.4 Å². The lowest BCUT2D eigenvalue weighted by Gasteiger charge is -2.21. The number of fused-ring (bicyclic) bond motifs is 1. The zero-order valence-corrected chi connectivity index (χ0v) is 11.7. The number of nitrogens with zero attached hydrogens (tertiary/aromatic N) is 3. The summed E-state index contributed by atoms with van der Waals surface area (Å²) in [5.41, 5.74) is 3.99. The van der Waals surface area contributed by atoms with Crippen LogP contribution in [0.5, 0.6) is 0 Å². The molecule has 1 aliphatic rings. The van der Waals surface area contributed by atoms with Crippen molar-refractivity contribution in [3.8, 4) is 11.5 Å². The minimum atomic E-state index is -0.350. The van der Waals surface area contributed by atoms with Crippen molar-refractivity contribution >= 4 is 0 Å². The quantitative estimate of drug-likeness (QED) is 0.912. The fourth-order valence-electron chi connectivity index (χ4n) is 2.49. The number of hydrogen-bond acceptors (Lipinski definition) is 4. The van der Waals surface area contributed by atoms with E-state index in [4.69, 9.17) is 0 Å². The molecule has 0 saturated heterocycles. The molecule has 2 aromatic rings. The first kappa shape index (κ1) is 13.1. The zero-order valence-electron chi connectivity index (χ0n) is 11.7. The van der Waals surface area contributed by atoms with Crippen molar-refractivity contribution in [1.82, 2.24) is 20.3 Å². The fraction of sp³-hybridized carbons (Fsp3) is 0.400. The van der Waals surface area contributed by atoms with Crippen LogP contribution in [0.15, 0.2) is 18.3 Å². The van der Waals surface area contributed by atoms with Crippen molar-refractivity contribution in [2.24, 2.45) is 0 Å². The van der Waals surface area contributed by atoms with E-state index in [1.165, 1.54) is 17.8 Å². The van der Waals surface area contributed by atoms with Crippen LogP contribution in [-0.4, -0.2) is 21.5 Å². The molecule has 1 aliphatic heterocycles. The van der Waals surface area contributed by atoms with Gasteiger partial charge in [0.2, 0.25) is 0 Å². The number of rotatable bonds is 2. The van der Waals surface area contributed by atoms with Gasteiger partial charge in [-0.3, -0.25) is 0 Å². The summed E-state index contributed by atoms with van der Waals surface area (Å²) in [6.07, 6.45) is 2.16. The molecule has 0 bridgehead atoms. The van der Waals surface area contributed by atoms with E-state index in [1.54, 1.807) is 6.07 Å². The molecule has 0 spiro atoms. The van der Waals surface area contributed by atoms with Crippen LogP contribution in [0.3, 0.4) is 0 Å². The second-order valence-electron chi connectivity index (χ2n) is 5.30. The Bertz CT molecular complexity index is 623. The minimum Gasteiger partial charge on any atom is -0.311 e. The van der Waals surface area contributed by atoms with Gasteiger partial charge in [0.1, 0.15) is 11.5 Å². The Morgan fingerprint density at radius 3 is 2.80 bits per heavy atom. The molecule has 0 radical (unpaired) electrons. The van der Waals surface area contributed by atoms with Crippen molar-refractivity contribution in [2.75, 3.05) is 6.54 Å². The number of halogens is 1. The molecule has 4 nitrogen and oxygen atoms in total. The number of nitrogens with one attached hydrogen (secondary N) is 1. The normalized spacial score (nSPS) is 14.4. The zero-order chi connectivity index (χ0) is 14.1. The average molecular weight is 272 g/mol. The highest BCUT2D eigenvalue weighted by atomic mass is 19.1. The van der Waals surface area contributed by atoms with E-state index < -0.39 is 0 Å². The van der Waals surface area contributed by atoms with Crippen molar-refractivity contribution in [3.05, 3.63) is 41.1 Å². The van der Waals surface area contributed by atoms with Crippen molar-refractivity contribution < 1.29 is 4.39 Å². The highest BCUT2D eigenvalue weighted by Gasteiger charge is 2.20. The first-order valence-corrected chi connectivity index (χ1v) is 6.87. The monoisotopic (exact) mass is 272 g/mol. The third-order valence-electron chi connectivity index (χ3n) is 3.47. The van der Waals surface area contributed by atoms with Gasteiger partial charge in [-0.15, -0.1) is 0 Å². The van der Waals surface area contributed by atoms with Crippen molar-refractivity contribution in [2.45, 2.75) is 32.7 Å². The molecule has 2 aromatic heterocycles. The molecule has 3 rings (SSSR count). The summed E-state index contributed by atoms with van der Waals surface area (Å²) in [4.78, 5) is 13.3. The second-order valence-corrected chi connectivity index (χ2v) is 5.30. The van der Waals surface area contributed by atoms with E-state index in [1.807, 2.05) is 0 Å². The summed E-state index contributed by atoms with van der Waals surface area (Å²) in [6.45, 7) is 5.98. The number of aromatic nitrogens is 3. The van der Waals surface area contributed by atoms with Crippen molar-refractivity contribution in [3.63, 3.8) is 0 Å². The molecule has 0 fully saturated rings. The second kappa shape index (κ2) is 5.25. The Labute approximate surface area is 117 Å². The summed E-state index contributed by atoms with van der Waals surface area (Å²) in [7, 11) is 0. The highest BCUT2D eigenvalue weighted by molar-refractivity contribution is 5.51. The fourth-order valence-corrected chi connectivity index (χ4v) is 2.49. The maximum atomic E-state index is 13.0. The Balaban J connectivity index is 2.12. The first-order chi connectivity index (χ1) is 9.65. The third kappa shape index (κ3) is 2.41. The molecule has 0 amide bonds. The van der Waals surface area contributed by atoms with Gasteiger partial charge in [-0.2, -0.15) is 0 Å². The SMILES string of the molecule is CC(C)c1nc(-c2ccc(F)cn2)nc2c1CCNC2. The van der Waals surface area contributed by atoms with Gasteiger partial charge >= 0.3 is 0 Å². The van der Waals surface area contributed by atoms with Crippen LogP contribution in [0, 0.1) is 5.82 Å². The smallest absolute Gasteiger partial charge is 0.178 e. The summed E-state index contributed by atoms with van der Waals surface area (Å²) in [5.74, 6) is 0.567. The Hall–Kier alpha value is -1.88. The predicted molar refractivity (Wildman–Crippen MR) is 74.7 cm³/mol. The molecule has 1 N–H and O–H groups in total. The third-order valence-corrected chi connectivity index (χ3v) is 3.47. The van der Waals surface area contributed by atoms with Crippen LogP contribution in [0.2, 0.25) is 0 Å². The lowest BCUT2D eigenvalue weighted by molar-refractivity contribution is 0.608. The first-order valence-electron chi connectivity index (χ1n) is 6.87. The van der Waals surface area contributed by atoms with Gasteiger partial charge < -0.3 is 5.32 Å². The predicted octanol–water partition coefficient (Wildman–Crippen LogP) is 2.45. The maximum absolute atomic E-state index is 13.0. The van der Waals surface area contributed by atoms with Gasteiger partial charge in [-0.05, 0) is 36.6 Å². The van der Waals surface area contributed by atoms with Crippen LogP contribution < -0.4 is 5.32 Å². The Kier molecular flexibility index (Phi) is 3.44. The largest absolute Gasteiger partial charge is 0.311 e. The van der Waals surface area contributed by atoms with Crippen LogP contribution in [0.25, 0.3) is 11.5 Å². The van der Waals surface area contributed by atoms with E-state index in [0.717, 1.165) is 30.9 Å². The molecular weight excluding hydrogens is 255 g/mol. The topological polar surface area (TPSA) is 50.7 Å². The summed E-state index contributed by atoms with van der Waals surface area (Å²) in [5, 5.41) is 3.32. The highest BCUT2D eigenvalue weighted by Crippen LogP contribution is 2.25. The summed E-state index contributed by atoms with van der Waals surface area (Å²) < 4.78 is 13.0. The standard InChI is InChI=1S/C15H17FN4/c1-9(2)14-11-5-6-17-8-13(11)19-15(20-14)12-4-3-10(16)7-18-12/h3-4,7,9,17H,5-6,8H2,1-2H3. The van der Waals surface area contributed by atoms with Gasteiger partial charge in [0.05, 0.1) is 17.6 Å². The van der Waals surface area contributed by atoms with Gasteiger partial charge in [-0.1, -0.05) is 13.8 Å². The van der Waals surface area contributed by atoms with Crippen LogP contribution in [-0.2, 0) is 13.0 Å². The molecule has 0 aromatic carbocycles. The van der Waals surface area contributed by atoms with Crippen LogP contribution >= 0.6 is 0 Å². The Morgan fingerprint density at radius 1 is 1.25 bits per heavy atom. The van der Waals surface area contributed by atoms with Gasteiger partial charge in [0.15, 0.2) is 5.82 Å². The van der Waals surface area contributed by atoms with Gasteiger partial charge in [0, 0.05) is 6.54 Å². The molecule has 20 heavy (non-hydrogen) atoms. The van der Waals surface area contributed by atoms with Crippen LogP contribution in [0.4, 0.5) is 4.39 Å². The molecule has 0 unspecified atom stereocenters. The lowest BCUT2D eigenvalue weighted by Crippen LogP contribution is -2.27. The summed E-state index contributed by atoms with van der Waals surface area (Å²) >= 11 is 0. The molecule has 0 atom stereocenters. The van der Waals surface area contributed by atoms with Crippen LogP contribution in [0.1, 0.15) is 36.7 Å². The number of pyridine rings is 1. The molecule has 0 aliphatic carbocycles. The lowest BCUT2D eigenvalue weighted by atomic mass is 9.97. The average Bonchev–Trinajstić information content (AvgIpc) is 2.46. The van der Waals surface area contributed by atoms with E-state index >= 15 is 0 Å². The van der Waals surface area contributed by atoms with E-state index in [-0.39, 0.29) is 5.82 Å². The minimum absolute atomic E-state index is 0.337. The molecular formula is C15H17FN4. The van der Waals surface area contributed by atoms with E-state index in [9.17, 15) is 4.39 Å². The van der Waals surface area contributed by atoms with Crippen molar-refractivity contribution in [1.29, 1.82) is 0 Å². The summed E-state index contributed by atoms with van der Waals surface area (Å²) in [6, 6.07) is 3.01. The molecule has 104 valence electrons. The molecule has 0 saturated carbocycles. The Morgan fingerprint density at radius 2 is 2.10 bits per heavy atom. The number of hydrogen-bond donors (Lipinski definition) is 1. The maximum Gasteiger partial charge on any atom is 0.178 e. The van der Waals surface area contributed by atoms with E-state index in [2.05, 4.69) is 34.1 Å². The molecule has 3 heterocycles.